The Morgan fingerprint density at radius 1 is 1.35 bits per heavy atom. The van der Waals surface area contributed by atoms with E-state index in [4.69, 9.17) is 4.74 Å². The number of ether oxygens (including phenoxy) is 1. The predicted molar refractivity (Wildman–Crippen MR) is 81.5 cm³/mol. The Hall–Kier alpha value is -1.14. The first kappa shape index (κ1) is 16.9. The van der Waals surface area contributed by atoms with Gasteiger partial charge in [-0.05, 0) is 31.0 Å². The first-order valence-corrected chi connectivity index (χ1v) is 7.50. The molecule has 4 nitrogen and oxygen atoms in total. The number of amides is 2. The number of unbranched alkanes of at least 4 members (excludes halogenated alkanes) is 1. The van der Waals surface area contributed by atoms with Crippen molar-refractivity contribution in [3.05, 3.63) is 28.5 Å². The van der Waals surface area contributed by atoms with E-state index in [1.807, 2.05) is 0 Å². The highest BCUT2D eigenvalue weighted by Crippen LogP contribution is 2.18. The zero-order valence-corrected chi connectivity index (χ0v) is 13.1. The largest absolute Gasteiger partial charge is 0.381 e. The molecule has 0 aliphatic carbocycles. The number of halogens is 2. The Morgan fingerprint density at radius 3 is 2.80 bits per heavy atom. The monoisotopic (exact) mass is 346 g/mol. The summed E-state index contributed by atoms with van der Waals surface area (Å²) in [7, 11) is 0. The minimum atomic E-state index is -0.475. The van der Waals surface area contributed by atoms with Gasteiger partial charge in [-0.3, -0.25) is 0 Å². The van der Waals surface area contributed by atoms with Crippen LogP contribution in [0.3, 0.4) is 0 Å². The SMILES string of the molecule is CCCCOCCCNC(=O)Nc1ccc(Br)cc1F. The molecular weight excluding hydrogens is 327 g/mol. The molecule has 20 heavy (non-hydrogen) atoms. The summed E-state index contributed by atoms with van der Waals surface area (Å²) in [6, 6.07) is 4.06. The Balaban J connectivity index is 2.17. The molecule has 0 saturated heterocycles. The number of rotatable bonds is 8. The van der Waals surface area contributed by atoms with Crippen molar-refractivity contribution in [3.63, 3.8) is 0 Å². The summed E-state index contributed by atoms with van der Waals surface area (Å²) in [5, 5.41) is 5.12. The number of nitrogens with one attached hydrogen (secondary N) is 2. The molecular formula is C14H20BrFN2O2. The van der Waals surface area contributed by atoms with Crippen molar-refractivity contribution in [1.82, 2.24) is 5.32 Å². The summed E-state index contributed by atoms with van der Waals surface area (Å²) >= 11 is 3.16. The first-order valence-electron chi connectivity index (χ1n) is 6.71. The molecule has 0 fully saturated rings. The molecule has 0 atom stereocenters. The fourth-order valence-electron chi connectivity index (χ4n) is 1.48. The number of benzene rings is 1. The molecule has 1 aromatic rings. The lowest BCUT2D eigenvalue weighted by Gasteiger charge is -2.09. The van der Waals surface area contributed by atoms with E-state index >= 15 is 0 Å². The van der Waals surface area contributed by atoms with Gasteiger partial charge in [0.15, 0.2) is 0 Å². The minimum Gasteiger partial charge on any atom is -0.381 e. The Morgan fingerprint density at radius 2 is 2.10 bits per heavy atom. The lowest BCUT2D eigenvalue weighted by atomic mass is 10.3. The van der Waals surface area contributed by atoms with Crippen LogP contribution in [0.25, 0.3) is 0 Å². The average molecular weight is 347 g/mol. The smallest absolute Gasteiger partial charge is 0.319 e. The molecule has 0 aromatic heterocycles. The summed E-state index contributed by atoms with van der Waals surface area (Å²) < 4.78 is 19.5. The highest BCUT2D eigenvalue weighted by Gasteiger charge is 2.06. The molecule has 6 heteroatoms. The van der Waals surface area contributed by atoms with Crippen LogP contribution in [0.4, 0.5) is 14.9 Å². The number of hydrogen-bond acceptors (Lipinski definition) is 2. The van der Waals surface area contributed by atoms with Crippen molar-refractivity contribution in [1.29, 1.82) is 0 Å². The Kier molecular flexibility index (Phi) is 8.22. The summed E-state index contributed by atoms with van der Waals surface area (Å²) in [5.74, 6) is -0.475. The molecule has 0 heterocycles. The molecule has 0 aliphatic rings. The van der Waals surface area contributed by atoms with Crippen LogP contribution in [-0.4, -0.2) is 25.8 Å². The van der Waals surface area contributed by atoms with Gasteiger partial charge in [0.2, 0.25) is 0 Å². The number of carbonyl (C=O) groups excluding carboxylic acids is 1. The van der Waals surface area contributed by atoms with Crippen molar-refractivity contribution < 1.29 is 13.9 Å². The van der Waals surface area contributed by atoms with Gasteiger partial charge in [0.1, 0.15) is 5.82 Å². The van der Waals surface area contributed by atoms with Gasteiger partial charge in [0.25, 0.3) is 0 Å². The van der Waals surface area contributed by atoms with Crippen LogP contribution in [0.15, 0.2) is 22.7 Å². The van der Waals surface area contributed by atoms with Crippen LogP contribution in [0.1, 0.15) is 26.2 Å². The Bertz CT molecular complexity index is 430. The highest BCUT2D eigenvalue weighted by molar-refractivity contribution is 9.10. The molecule has 0 spiro atoms. The maximum Gasteiger partial charge on any atom is 0.319 e. The highest BCUT2D eigenvalue weighted by atomic mass is 79.9. The van der Waals surface area contributed by atoms with Gasteiger partial charge in [-0.2, -0.15) is 0 Å². The Labute approximate surface area is 127 Å². The van der Waals surface area contributed by atoms with Crippen LogP contribution in [0, 0.1) is 5.82 Å². The van der Waals surface area contributed by atoms with Crippen LogP contribution >= 0.6 is 15.9 Å². The second-order valence-electron chi connectivity index (χ2n) is 4.32. The van der Waals surface area contributed by atoms with Crippen LogP contribution in [-0.2, 0) is 4.74 Å². The summed E-state index contributed by atoms with van der Waals surface area (Å²) in [6.45, 7) is 3.98. The van der Waals surface area contributed by atoms with Gasteiger partial charge in [0.05, 0.1) is 5.69 Å². The first-order chi connectivity index (χ1) is 9.63. The van der Waals surface area contributed by atoms with E-state index in [0.717, 1.165) is 25.9 Å². The fourth-order valence-corrected chi connectivity index (χ4v) is 1.82. The third kappa shape index (κ3) is 6.86. The van der Waals surface area contributed by atoms with Crippen molar-refractivity contribution >= 4 is 27.6 Å². The molecule has 1 rings (SSSR count). The van der Waals surface area contributed by atoms with Crippen molar-refractivity contribution in [2.24, 2.45) is 0 Å². The quantitative estimate of drug-likeness (QED) is 0.701. The molecule has 2 N–H and O–H groups in total. The standard InChI is InChI=1S/C14H20BrFN2O2/c1-2-3-8-20-9-4-7-17-14(19)18-13-6-5-11(15)10-12(13)16/h5-6,10H,2-4,7-9H2,1H3,(H2,17,18,19). The number of carbonyl (C=O) groups is 1. The van der Waals surface area contributed by atoms with Gasteiger partial charge < -0.3 is 15.4 Å². The third-order valence-electron chi connectivity index (χ3n) is 2.57. The molecule has 0 bridgehead atoms. The zero-order chi connectivity index (χ0) is 14.8. The molecule has 2 amide bonds. The van der Waals surface area contributed by atoms with E-state index in [1.165, 1.54) is 12.1 Å². The lowest BCUT2D eigenvalue weighted by molar-refractivity contribution is 0.129. The predicted octanol–water partition coefficient (Wildman–Crippen LogP) is 3.92. The third-order valence-corrected chi connectivity index (χ3v) is 3.07. The molecule has 0 radical (unpaired) electrons. The summed E-state index contributed by atoms with van der Waals surface area (Å²) in [4.78, 5) is 11.5. The minimum absolute atomic E-state index is 0.157. The molecule has 0 saturated carbocycles. The second kappa shape index (κ2) is 9.72. The maximum atomic E-state index is 13.5. The lowest BCUT2D eigenvalue weighted by Crippen LogP contribution is -2.30. The average Bonchev–Trinajstić information content (AvgIpc) is 2.41. The van der Waals surface area contributed by atoms with E-state index < -0.39 is 11.8 Å². The number of anilines is 1. The molecule has 0 unspecified atom stereocenters. The molecule has 1 aromatic carbocycles. The molecule has 0 aliphatic heterocycles. The summed E-state index contributed by atoms with van der Waals surface area (Å²) in [5.41, 5.74) is 0.157. The van der Waals surface area contributed by atoms with Crippen molar-refractivity contribution in [2.45, 2.75) is 26.2 Å². The van der Waals surface area contributed by atoms with E-state index in [-0.39, 0.29) is 5.69 Å². The fraction of sp³-hybridized carbons (Fsp3) is 0.500. The van der Waals surface area contributed by atoms with Crippen molar-refractivity contribution in [3.8, 4) is 0 Å². The van der Waals surface area contributed by atoms with Gasteiger partial charge in [-0.1, -0.05) is 29.3 Å². The van der Waals surface area contributed by atoms with E-state index in [0.29, 0.717) is 17.6 Å². The number of hydrogen-bond donors (Lipinski definition) is 2. The van der Waals surface area contributed by atoms with Gasteiger partial charge in [-0.15, -0.1) is 0 Å². The van der Waals surface area contributed by atoms with E-state index in [1.54, 1.807) is 6.07 Å². The van der Waals surface area contributed by atoms with Crippen LogP contribution in [0.2, 0.25) is 0 Å². The van der Waals surface area contributed by atoms with Crippen molar-refractivity contribution in [2.75, 3.05) is 25.1 Å². The normalized spacial score (nSPS) is 10.3. The van der Waals surface area contributed by atoms with Gasteiger partial charge in [0, 0.05) is 24.2 Å². The van der Waals surface area contributed by atoms with Crippen LogP contribution in [0.5, 0.6) is 0 Å². The number of urea groups is 1. The second-order valence-corrected chi connectivity index (χ2v) is 5.24. The zero-order valence-electron chi connectivity index (χ0n) is 11.5. The molecule has 112 valence electrons. The topological polar surface area (TPSA) is 50.4 Å². The maximum absolute atomic E-state index is 13.5. The van der Waals surface area contributed by atoms with Gasteiger partial charge in [-0.25, -0.2) is 9.18 Å². The van der Waals surface area contributed by atoms with Crippen LogP contribution < -0.4 is 10.6 Å². The summed E-state index contributed by atoms with van der Waals surface area (Å²) in [6.07, 6.45) is 2.90. The van der Waals surface area contributed by atoms with Gasteiger partial charge >= 0.3 is 6.03 Å². The van der Waals surface area contributed by atoms with E-state index in [2.05, 4.69) is 33.5 Å². The van der Waals surface area contributed by atoms with E-state index in [9.17, 15) is 9.18 Å².